The lowest BCUT2D eigenvalue weighted by atomic mass is 10.1. The van der Waals surface area contributed by atoms with Crippen molar-refractivity contribution in [2.45, 2.75) is 32.7 Å². The maximum Gasteiger partial charge on any atom is 0.258 e. The number of thioether (sulfide) groups is 1. The molecule has 2 aliphatic heterocycles. The van der Waals surface area contributed by atoms with Crippen LogP contribution in [-0.2, 0) is 4.79 Å². The van der Waals surface area contributed by atoms with Crippen molar-refractivity contribution in [1.82, 2.24) is 9.80 Å². The summed E-state index contributed by atoms with van der Waals surface area (Å²) >= 11 is 1.88. The molecule has 1 atom stereocenters. The average molecular weight is 322 g/mol. The smallest absolute Gasteiger partial charge is 0.258 e. The fourth-order valence-electron chi connectivity index (χ4n) is 3.26. The molecular weight excluding hydrogens is 300 g/mol. The first kappa shape index (κ1) is 15.5. The van der Waals surface area contributed by atoms with Gasteiger partial charge in [-0.05, 0) is 32.8 Å². The molecule has 2 aliphatic rings. The van der Waals surface area contributed by atoms with Crippen molar-refractivity contribution in [3.63, 3.8) is 0 Å². The molecule has 3 heterocycles. The van der Waals surface area contributed by atoms with Crippen LogP contribution in [0.4, 0.5) is 0 Å². The van der Waals surface area contributed by atoms with Gasteiger partial charge in [0.25, 0.3) is 5.91 Å². The van der Waals surface area contributed by atoms with Crippen LogP contribution in [0.25, 0.3) is 0 Å². The number of likely N-dealkylation sites (tertiary alicyclic amines) is 1. The van der Waals surface area contributed by atoms with Crippen molar-refractivity contribution in [3.05, 3.63) is 23.2 Å². The van der Waals surface area contributed by atoms with Gasteiger partial charge < -0.3 is 14.2 Å². The molecule has 0 aliphatic carbocycles. The molecule has 0 N–H and O–H groups in total. The summed E-state index contributed by atoms with van der Waals surface area (Å²) in [7, 11) is 0. The molecule has 5 nitrogen and oxygen atoms in total. The molecule has 0 spiro atoms. The SMILES string of the molecule is Cc1cc(C(=O)N2CCCC2C(=O)N2CCSCC2)c(C)o1. The van der Waals surface area contributed by atoms with Crippen LogP contribution in [0.2, 0.25) is 0 Å². The highest BCUT2D eigenvalue weighted by atomic mass is 32.2. The topological polar surface area (TPSA) is 53.8 Å². The van der Waals surface area contributed by atoms with Crippen LogP contribution in [0.15, 0.2) is 10.5 Å². The lowest BCUT2D eigenvalue weighted by Gasteiger charge is -2.32. The number of carbonyl (C=O) groups excluding carboxylic acids is 2. The maximum atomic E-state index is 12.8. The second-order valence-electron chi connectivity index (χ2n) is 5.92. The highest BCUT2D eigenvalue weighted by Gasteiger charge is 2.38. The Morgan fingerprint density at radius 1 is 1.23 bits per heavy atom. The minimum absolute atomic E-state index is 0.0726. The Kier molecular flexibility index (Phi) is 4.47. The standard InChI is InChI=1S/C16H22N2O3S/c1-11-10-13(12(2)21-11)15(19)18-5-3-4-14(18)16(20)17-6-8-22-9-7-17/h10,14H,3-9H2,1-2H3. The van der Waals surface area contributed by atoms with Crippen LogP contribution < -0.4 is 0 Å². The number of hydrogen-bond acceptors (Lipinski definition) is 4. The summed E-state index contributed by atoms with van der Waals surface area (Å²) in [5.41, 5.74) is 0.589. The molecule has 0 saturated carbocycles. The van der Waals surface area contributed by atoms with Crippen molar-refractivity contribution >= 4 is 23.6 Å². The Hall–Kier alpha value is -1.43. The molecule has 6 heteroatoms. The second kappa shape index (κ2) is 6.36. The van der Waals surface area contributed by atoms with Crippen molar-refractivity contribution in [2.75, 3.05) is 31.1 Å². The molecule has 1 aromatic heterocycles. The number of hydrogen-bond donors (Lipinski definition) is 0. The molecule has 1 aromatic rings. The van der Waals surface area contributed by atoms with E-state index in [0.29, 0.717) is 17.9 Å². The fourth-order valence-corrected chi connectivity index (χ4v) is 4.16. The first-order valence-corrected chi connectivity index (χ1v) is 8.98. The van der Waals surface area contributed by atoms with Crippen molar-refractivity contribution in [1.29, 1.82) is 0 Å². The van der Waals surface area contributed by atoms with Gasteiger partial charge in [0.05, 0.1) is 5.56 Å². The lowest BCUT2D eigenvalue weighted by Crippen LogP contribution is -2.50. The first-order valence-electron chi connectivity index (χ1n) is 7.82. The molecule has 3 rings (SSSR count). The molecule has 1 unspecified atom stereocenters. The Balaban J connectivity index is 1.76. The van der Waals surface area contributed by atoms with Gasteiger partial charge in [-0.25, -0.2) is 0 Å². The van der Waals surface area contributed by atoms with Gasteiger partial charge >= 0.3 is 0 Å². The molecule has 0 bridgehead atoms. The van der Waals surface area contributed by atoms with Crippen molar-refractivity contribution in [2.24, 2.45) is 0 Å². The van der Waals surface area contributed by atoms with Crippen LogP contribution in [0, 0.1) is 13.8 Å². The fraction of sp³-hybridized carbons (Fsp3) is 0.625. The van der Waals surface area contributed by atoms with Crippen molar-refractivity contribution in [3.8, 4) is 0 Å². The Bertz CT molecular complexity index is 578. The Morgan fingerprint density at radius 2 is 1.95 bits per heavy atom. The monoisotopic (exact) mass is 322 g/mol. The van der Waals surface area contributed by atoms with Gasteiger partial charge in [-0.3, -0.25) is 9.59 Å². The minimum atomic E-state index is -0.301. The largest absolute Gasteiger partial charge is 0.466 e. The molecule has 22 heavy (non-hydrogen) atoms. The summed E-state index contributed by atoms with van der Waals surface area (Å²) in [5, 5.41) is 0. The lowest BCUT2D eigenvalue weighted by molar-refractivity contribution is -0.134. The van der Waals surface area contributed by atoms with E-state index in [-0.39, 0.29) is 17.9 Å². The van der Waals surface area contributed by atoms with E-state index in [1.54, 1.807) is 17.9 Å². The molecule has 2 saturated heterocycles. The summed E-state index contributed by atoms with van der Waals surface area (Å²) in [4.78, 5) is 29.2. The van der Waals surface area contributed by atoms with E-state index in [1.807, 2.05) is 23.6 Å². The number of furan rings is 1. The van der Waals surface area contributed by atoms with E-state index >= 15 is 0 Å². The van der Waals surface area contributed by atoms with Crippen LogP contribution in [-0.4, -0.2) is 58.8 Å². The second-order valence-corrected chi connectivity index (χ2v) is 7.15. The van der Waals surface area contributed by atoms with E-state index < -0.39 is 0 Å². The number of rotatable bonds is 2. The van der Waals surface area contributed by atoms with Gasteiger partial charge in [0.2, 0.25) is 5.91 Å². The molecule has 0 radical (unpaired) electrons. The van der Waals surface area contributed by atoms with E-state index in [1.165, 1.54) is 0 Å². The third-order valence-electron chi connectivity index (χ3n) is 4.39. The summed E-state index contributed by atoms with van der Waals surface area (Å²) in [6.45, 7) is 5.88. The highest BCUT2D eigenvalue weighted by Crippen LogP contribution is 2.25. The normalized spacial score (nSPS) is 22.2. The zero-order chi connectivity index (χ0) is 15.7. The zero-order valence-electron chi connectivity index (χ0n) is 13.1. The van der Waals surface area contributed by atoms with Gasteiger partial charge in [0, 0.05) is 31.1 Å². The first-order chi connectivity index (χ1) is 10.6. The van der Waals surface area contributed by atoms with Crippen molar-refractivity contribution < 1.29 is 14.0 Å². The summed E-state index contributed by atoms with van der Waals surface area (Å²) in [6, 6.07) is 1.47. The summed E-state index contributed by atoms with van der Waals surface area (Å²) in [5.74, 6) is 3.39. The van der Waals surface area contributed by atoms with E-state index in [4.69, 9.17) is 4.42 Å². The third-order valence-corrected chi connectivity index (χ3v) is 5.34. The van der Waals surface area contributed by atoms with Crippen LogP contribution in [0.1, 0.15) is 34.7 Å². The number of nitrogens with zero attached hydrogens (tertiary/aromatic N) is 2. The molecule has 120 valence electrons. The third kappa shape index (κ3) is 2.89. The number of amides is 2. The quantitative estimate of drug-likeness (QED) is 0.836. The highest BCUT2D eigenvalue weighted by molar-refractivity contribution is 7.99. The zero-order valence-corrected chi connectivity index (χ0v) is 13.9. The number of aryl methyl sites for hydroxylation is 2. The van der Waals surface area contributed by atoms with E-state index in [2.05, 4.69) is 0 Å². The summed E-state index contributed by atoms with van der Waals surface area (Å²) < 4.78 is 5.46. The molecule has 2 amide bonds. The Labute approximate surface area is 135 Å². The number of carbonyl (C=O) groups is 2. The van der Waals surface area contributed by atoms with Gasteiger partial charge in [-0.2, -0.15) is 11.8 Å². The van der Waals surface area contributed by atoms with Gasteiger partial charge in [-0.1, -0.05) is 0 Å². The van der Waals surface area contributed by atoms with Crippen LogP contribution >= 0.6 is 11.8 Å². The predicted molar refractivity (Wildman–Crippen MR) is 86.1 cm³/mol. The molecular formula is C16H22N2O3S. The summed E-state index contributed by atoms with van der Waals surface area (Å²) in [6.07, 6.45) is 1.66. The van der Waals surface area contributed by atoms with Gasteiger partial charge in [0.1, 0.15) is 17.6 Å². The predicted octanol–water partition coefficient (Wildman–Crippen LogP) is 2.08. The van der Waals surface area contributed by atoms with Gasteiger partial charge in [0.15, 0.2) is 0 Å². The van der Waals surface area contributed by atoms with Crippen LogP contribution in [0.5, 0.6) is 0 Å². The maximum absolute atomic E-state index is 12.8. The minimum Gasteiger partial charge on any atom is -0.466 e. The Morgan fingerprint density at radius 3 is 2.59 bits per heavy atom. The molecule has 2 fully saturated rings. The van der Waals surface area contributed by atoms with E-state index in [9.17, 15) is 9.59 Å². The van der Waals surface area contributed by atoms with Gasteiger partial charge in [-0.15, -0.1) is 0 Å². The van der Waals surface area contributed by atoms with E-state index in [0.717, 1.165) is 43.2 Å². The molecule has 0 aromatic carbocycles. The average Bonchev–Trinajstić information content (AvgIpc) is 3.13. The van der Waals surface area contributed by atoms with Crippen LogP contribution in [0.3, 0.4) is 0 Å².